The summed E-state index contributed by atoms with van der Waals surface area (Å²) in [6.07, 6.45) is -13.7. The van der Waals surface area contributed by atoms with Crippen molar-refractivity contribution >= 4 is 0 Å². The highest BCUT2D eigenvalue weighted by Gasteiger charge is 2.39. The molecule has 0 atom stereocenters. The second-order valence-electron chi connectivity index (χ2n) is 3.10. The molecule has 102 valence electrons. The molecule has 0 N–H and O–H groups in total. The second-order valence-corrected chi connectivity index (χ2v) is 3.10. The maximum absolute atomic E-state index is 12.3. The molecule has 0 aliphatic carbocycles. The van der Waals surface area contributed by atoms with E-state index in [4.69, 9.17) is 0 Å². The molecule has 0 spiro atoms. The first-order chi connectivity index (χ1) is 8.00. The Morgan fingerprint density at radius 1 is 0.944 bits per heavy atom. The minimum absolute atomic E-state index is 0.0149. The number of hydrogen-bond donors (Lipinski definition) is 0. The Bertz CT molecular complexity index is 420. The third kappa shape index (κ3) is 3.74. The molecule has 1 aromatic rings. The van der Waals surface area contributed by atoms with Crippen molar-refractivity contribution in [1.82, 2.24) is 0 Å². The van der Waals surface area contributed by atoms with Crippen LogP contribution in [0.4, 0.5) is 35.1 Å². The van der Waals surface area contributed by atoms with Gasteiger partial charge in [0.1, 0.15) is 5.75 Å². The van der Waals surface area contributed by atoms with Crippen molar-refractivity contribution in [3.05, 3.63) is 29.3 Å². The van der Waals surface area contributed by atoms with Gasteiger partial charge >= 0.3 is 12.5 Å². The Morgan fingerprint density at radius 3 is 1.89 bits per heavy atom. The Labute approximate surface area is 95.0 Å². The third-order valence-electron chi connectivity index (χ3n) is 1.79. The van der Waals surface area contributed by atoms with Gasteiger partial charge in [0.05, 0.1) is 5.56 Å². The molecule has 18 heavy (non-hydrogen) atoms. The first kappa shape index (κ1) is 14.5. The fourth-order valence-corrected chi connectivity index (χ4v) is 1.12. The molecule has 0 aliphatic heterocycles. The normalized spacial score (nSPS) is 12.9. The van der Waals surface area contributed by atoms with Gasteiger partial charge in [-0.3, -0.25) is 0 Å². The third-order valence-corrected chi connectivity index (χ3v) is 1.79. The number of alkyl halides is 8. The number of ether oxygens (including phenoxy) is 1. The lowest BCUT2D eigenvalue weighted by Gasteiger charge is -2.16. The van der Waals surface area contributed by atoms with Gasteiger partial charge in [0.15, 0.2) is 0 Å². The van der Waals surface area contributed by atoms with Gasteiger partial charge in [0.25, 0.3) is 6.43 Å². The first-order valence-corrected chi connectivity index (χ1v) is 4.26. The van der Waals surface area contributed by atoms with Crippen molar-refractivity contribution in [1.29, 1.82) is 0 Å². The van der Waals surface area contributed by atoms with Gasteiger partial charge in [-0.05, 0) is 12.1 Å². The summed E-state index contributed by atoms with van der Waals surface area (Å²) in [6, 6.07) is 0.514. The standard InChI is InChI=1S/C9H4F8O/c10-7(11)4-1-2-5(8(12,13)14)6(3-4)18-9(15,16)17/h1-3,7H. The van der Waals surface area contributed by atoms with Crippen molar-refractivity contribution in [3.8, 4) is 5.75 Å². The lowest BCUT2D eigenvalue weighted by Crippen LogP contribution is -2.20. The summed E-state index contributed by atoms with van der Waals surface area (Å²) in [5.74, 6) is -1.70. The molecule has 0 heterocycles. The molecular weight excluding hydrogens is 276 g/mol. The van der Waals surface area contributed by atoms with Crippen LogP contribution in [-0.4, -0.2) is 6.36 Å². The van der Waals surface area contributed by atoms with Crippen LogP contribution in [0, 0.1) is 0 Å². The van der Waals surface area contributed by atoms with Gasteiger partial charge in [-0.1, -0.05) is 6.07 Å². The van der Waals surface area contributed by atoms with E-state index in [1.807, 2.05) is 0 Å². The molecule has 1 nitrogen and oxygen atoms in total. The predicted octanol–water partition coefficient (Wildman–Crippen LogP) is 4.54. The molecule has 9 heteroatoms. The molecule has 0 aromatic heterocycles. The quantitative estimate of drug-likeness (QED) is 0.722. The summed E-state index contributed by atoms with van der Waals surface area (Å²) in [7, 11) is 0. The van der Waals surface area contributed by atoms with Crippen molar-refractivity contribution in [3.63, 3.8) is 0 Å². The zero-order valence-electron chi connectivity index (χ0n) is 8.24. The zero-order valence-corrected chi connectivity index (χ0v) is 8.24. The zero-order chi connectivity index (χ0) is 14.1. The predicted molar refractivity (Wildman–Crippen MR) is 43.1 cm³/mol. The number of halogens is 8. The Kier molecular flexibility index (Phi) is 3.72. The van der Waals surface area contributed by atoms with Crippen LogP contribution >= 0.6 is 0 Å². The van der Waals surface area contributed by atoms with E-state index in [9.17, 15) is 35.1 Å². The van der Waals surface area contributed by atoms with E-state index in [1.54, 1.807) is 0 Å². The van der Waals surface area contributed by atoms with Crippen LogP contribution in [-0.2, 0) is 6.18 Å². The maximum Gasteiger partial charge on any atom is 0.573 e. The molecule has 0 unspecified atom stereocenters. The van der Waals surface area contributed by atoms with E-state index in [-0.39, 0.29) is 12.1 Å². The molecule has 0 radical (unpaired) electrons. The van der Waals surface area contributed by atoms with Crippen molar-refractivity contribution in [2.24, 2.45) is 0 Å². The van der Waals surface area contributed by atoms with Crippen LogP contribution < -0.4 is 4.74 Å². The highest BCUT2D eigenvalue weighted by Crippen LogP contribution is 2.40. The maximum atomic E-state index is 12.3. The summed E-state index contributed by atoms with van der Waals surface area (Å²) in [5, 5.41) is 0. The fraction of sp³-hybridized carbons (Fsp3) is 0.333. The molecule has 0 bridgehead atoms. The number of hydrogen-bond acceptors (Lipinski definition) is 1. The summed E-state index contributed by atoms with van der Waals surface area (Å²) in [4.78, 5) is 0. The van der Waals surface area contributed by atoms with Gasteiger partial charge in [0.2, 0.25) is 0 Å². The second kappa shape index (κ2) is 4.62. The smallest absolute Gasteiger partial charge is 0.405 e. The van der Waals surface area contributed by atoms with E-state index in [0.29, 0.717) is 6.07 Å². The van der Waals surface area contributed by atoms with Gasteiger partial charge in [0, 0.05) is 5.56 Å². The van der Waals surface area contributed by atoms with E-state index in [2.05, 4.69) is 4.74 Å². The molecule has 0 fully saturated rings. The minimum Gasteiger partial charge on any atom is -0.405 e. The Morgan fingerprint density at radius 2 is 1.50 bits per heavy atom. The Hall–Kier alpha value is -1.54. The average molecular weight is 280 g/mol. The van der Waals surface area contributed by atoms with E-state index in [1.165, 1.54) is 0 Å². The van der Waals surface area contributed by atoms with Crippen molar-refractivity contribution < 1.29 is 39.9 Å². The van der Waals surface area contributed by atoms with Crippen molar-refractivity contribution in [2.75, 3.05) is 0 Å². The van der Waals surface area contributed by atoms with Gasteiger partial charge in [-0.25, -0.2) is 8.78 Å². The summed E-state index contributed by atoms with van der Waals surface area (Å²) < 4.78 is 100. The van der Waals surface area contributed by atoms with E-state index < -0.39 is 35.8 Å². The van der Waals surface area contributed by atoms with Crippen LogP contribution in [0.25, 0.3) is 0 Å². The highest BCUT2D eigenvalue weighted by molar-refractivity contribution is 5.40. The fourth-order valence-electron chi connectivity index (χ4n) is 1.12. The SMILES string of the molecule is FC(F)c1ccc(C(F)(F)F)c(OC(F)(F)F)c1. The van der Waals surface area contributed by atoms with E-state index >= 15 is 0 Å². The molecule has 0 amide bonds. The average Bonchev–Trinajstić information content (AvgIpc) is 2.12. The summed E-state index contributed by atoms with van der Waals surface area (Å²) in [5.41, 5.74) is -2.77. The van der Waals surface area contributed by atoms with Gasteiger partial charge in [-0.2, -0.15) is 13.2 Å². The lowest BCUT2D eigenvalue weighted by molar-refractivity contribution is -0.276. The van der Waals surface area contributed by atoms with Gasteiger partial charge < -0.3 is 4.74 Å². The monoisotopic (exact) mass is 280 g/mol. The minimum atomic E-state index is -5.40. The lowest BCUT2D eigenvalue weighted by atomic mass is 10.1. The summed E-state index contributed by atoms with van der Waals surface area (Å²) in [6.45, 7) is 0. The number of benzene rings is 1. The molecule has 1 aromatic carbocycles. The van der Waals surface area contributed by atoms with Crippen LogP contribution in [0.2, 0.25) is 0 Å². The first-order valence-electron chi connectivity index (χ1n) is 4.26. The topological polar surface area (TPSA) is 9.23 Å². The highest BCUT2D eigenvalue weighted by atomic mass is 19.4. The Balaban J connectivity index is 3.27. The molecule has 0 aliphatic rings. The van der Waals surface area contributed by atoms with Crippen LogP contribution in [0.5, 0.6) is 5.75 Å². The van der Waals surface area contributed by atoms with E-state index in [0.717, 1.165) is 0 Å². The molecular formula is C9H4F8O. The molecule has 0 saturated carbocycles. The van der Waals surface area contributed by atoms with Crippen LogP contribution in [0.1, 0.15) is 17.6 Å². The van der Waals surface area contributed by atoms with Crippen LogP contribution in [0.3, 0.4) is 0 Å². The van der Waals surface area contributed by atoms with Crippen LogP contribution in [0.15, 0.2) is 18.2 Å². The van der Waals surface area contributed by atoms with Crippen molar-refractivity contribution in [2.45, 2.75) is 19.0 Å². The van der Waals surface area contributed by atoms with Gasteiger partial charge in [-0.15, -0.1) is 13.2 Å². The number of rotatable bonds is 2. The summed E-state index contributed by atoms with van der Waals surface area (Å²) >= 11 is 0. The molecule has 0 saturated heterocycles. The molecule has 1 rings (SSSR count). The largest absolute Gasteiger partial charge is 0.573 e.